The molecule has 0 spiro atoms. The molecule has 0 aromatic carbocycles. The molecule has 6 heteroatoms. The van der Waals surface area contributed by atoms with E-state index in [0.29, 0.717) is 25.4 Å². The number of carbonyl (C=O) groups excluding carboxylic acids is 1. The molecular formula is C13H18N4O2. The van der Waals surface area contributed by atoms with Crippen LogP contribution in [0.3, 0.4) is 0 Å². The number of hydrogen-bond donors (Lipinski definition) is 2. The van der Waals surface area contributed by atoms with Crippen LogP contribution in [0, 0.1) is 6.92 Å². The minimum atomic E-state index is -0.0956. The molecule has 0 saturated carbocycles. The lowest BCUT2D eigenvalue weighted by atomic mass is 10.2. The molecule has 0 aliphatic rings. The first-order chi connectivity index (χ1) is 9.22. The summed E-state index contributed by atoms with van der Waals surface area (Å²) >= 11 is 0. The maximum Gasteiger partial charge on any atom is 0.268 e. The normalized spacial score (nSPS) is 10.6. The van der Waals surface area contributed by atoms with Gasteiger partial charge in [-0.05, 0) is 19.1 Å². The van der Waals surface area contributed by atoms with E-state index in [1.807, 2.05) is 23.8 Å². The van der Waals surface area contributed by atoms with Gasteiger partial charge in [0.2, 0.25) is 0 Å². The van der Waals surface area contributed by atoms with Crippen molar-refractivity contribution in [3.63, 3.8) is 0 Å². The Balaban J connectivity index is 1.96. The molecule has 0 saturated heterocycles. The third kappa shape index (κ3) is 3.23. The van der Waals surface area contributed by atoms with Crippen molar-refractivity contribution >= 4 is 5.91 Å². The molecule has 2 N–H and O–H groups in total. The Morgan fingerprint density at radius 1 is 1.58 bits per heavy atom. The van der Waals surface area contributed by atoms with Gasteiger partial charge in [0.05, 0.1) is 12.8 Å². The van der Waals surface area contributed by atoms with Crippen molar-refractivity contribution in [1.29, 1.82) is 0 Å². The van der Waals surface area contributed by atoms with Gasteiger partial charge in [-0.2, -0.15) is 5.10 Å². The van der Waals surface area contributed by atoms with E-state index < -0.39 is 0 Å². The first-order valence-corrected chi connectivity index (χ1v) is 6.13. The van der Waals surface area contributed by atoms with Crippen LogP contribution in [-0.4, -0.2) is 34.4 Å². The van der Waals surface area contributed by atoms with Crippen LogP contribution in [0.1, 0.15) is 21.7 Å². The van der Waals surface area contributed by atoms with E-state index in [1.165, 1.54) is 0 Å². The van der Waals surface area contributed by atoms with Crippen LogP contribution in [0.2, 0.25) is 0 Å². The second-order valence-corrected chi connectivity index (χ2v) is 4.28. The molecule has 102 valence electrons. The third-order valence-corrected chi connectivity index (χ3v) is 2.97. The van der Waals surface area contributed by atoms with E-state index in [1.54, 1.807) is 19.4 Å². The molecule has 2 aromatic rings. The molecule has 0 bridgehead atoms. The van der Waals surface area contributed by atoms with Gasteiger partial charge in [-0.3, -0.25) is 9.89 Å². The number of amides is 1. The van der Waals surface area contributed by atoms with Gasteiger partial charge in [0.1, 0.15) is 5.69 Å². The molecule has 0 atom stereocenters. The van der Waals surface area contributed by atoms with Crippen molar-refractivity contribution in [2.24, 2.45) is 0 Å². The summed E-state index contributed by atoms with van der Waals surface area (Å²) in [6.45, 7) is 3.64. The Bertz CT molecular complexity index is 544. The van der Waals surface area contributed by atoms with Crippen molar-refractivity contribution in [1.82, 2.24) is 20.1 Å². The SMILES string of the molecule is COCCn1cccc1C(=O)NCc1cn[nH]c1C. The summed E-state index contributed by atoms with van der Waals surface area (Å²) in [4.78, 5) is 12.1. The van der Waals surface area contributed by atoms with E-state index in [9.17, 15) is 4.79 Å². The van der Waals surface area contributed by atoms with Crippen LogP contribution in [0.5, 0.6) is 0 Å². The highest BCUT2D eigenvalue weighted by atomic mass is 16.5. The van der Waals surface area contributed by atoms with E-state index in [0.717, 1.165) is 11.3 Å². The first kappa shape index (κ1) is 13.4. The average Bonchev–Trinajstić information content (AvgIpc) is 3.02. The number of aromatic amines is 1. The van der Waals surface area contributed by atoms with Crippen molar-refractivity contribution < 1.29 is 9.53 Å². The van der Waals surface area contributed by atoms with Crippen molar-refractivity contribution in [2.75, 3.05) is 13.7 Å². The minimum absolute atomic E-state index is 0.0956. The number of aromatic nitrogens is 3. The van der Waals surface area contributed by atoms with Crippen LogP contribution in [-0.2, 0) is 17.8 Å². The maximum atomic E-state index is 12.1. The lowest BCUT2D eigenvalue weighted by Gasteiger charge is -2.09. The number of H-pyrrole nitrogens is 1. The van der Waals surface area contributed by atoms with Crippen LogP contribution in [0.15, 0.2) is 24.5 Å². The van der Waals surface area contributed by atoms with Gasteiger partial charge in [0, 0.05) is 37.7 Å². The number of ether oxygens (including phenoxy) is 1. The predicted molar refractivity (Wildman–Crippen MR) is 70.8 cm³/mol. The summed E-state index contributed by atoms with van der Waals surface area (Å²) in [6, 6.07) is 3.65. The number of methoxy groups -OCH3 is 1. The zero-order chi connectivity index (χ0) is 13.7. The monoisotopic (exact) mass is 262 g/mol. The van der Waals surface area contributed by atoms with Crippen LogP contribution >= 0.6 is 0 Å². The van der Waals surface area contributed by atoms with Gasteiger partial charge in [-0.1, -0.05) is 0 Å². The standard InChI is InChI=1S/C13H18N4O2/c1-10-11(9-15-16-10)8-14-13(18)12-4-3-5-17(12)6-7-19-2/h3-5,9H,6-8H2,1-2H3,(H,14,18)(H,15,16). The average molecular weight is 262 g/mol. The highest BCUT2D eigenvalue weighted by Gasteiger charge is 2.11. The first-order valence-electron chi connectivity index (χ1n) is 6.13. The van der Waals surface area contributed by atoms with Crippen molar-refractivity contribution in [3.8, 4) is 0 Å². The Morgan fingerprint density at radius 3 is 3.11 bits per heavy atom. The van der Waals surface area contributed by atoms with E-state index >= 15 is 0 Å². The molecule has 19 heavy (non-hydrogen) atoms. The van der Waals surface area contributed by atoms with Gasteiger partial charge >= 0.3 is 0 Å². The largest absolute Gasteiger partial charge is 0.383 e. The molecule has 6 nitrogen and oxygen atoms in total. The quantitative estimate of drug-likeness (QED) is 0.818. The summed E-state index contributed by atoms with van der Waals surface area (Å²) in [5.41, 5.74) is 2.59. The molecule has 0 aliphatic carbocycles. The van der Waals surface area contributed by atoms with E-state index in [2.05, 4.69) is 15.5 Å². The molecular weight excluding hydrogens is 244 g/mol. The highest BCUT2D eigenvalue weighted by molar-refractivity contribution is 5.92. The summed E-state index contributed by atoms with van der Waals surface area (Å²) in [6.07, 6.45) is 3.59. The Kier molecular flexibility index (Phi) is 4.35. The number of rotatable bonds is 6. The Hall–Kier alpha value is -2.08. The molecule has 0 aliphatic heterocycles. The lowest BCUT2D eigenvalue weighted by Crippen LogP contribution is -2.26. The Morgan fingerprint density at radius 2 is 2.42 bits per heavy atom. The Labute approximate surface area is 111 Å². The third-order valence-electron chi connectivity index (χ3n) is 2.97. The van der Waals surface area contributed by atoms with Gasteiger partial charge < -0.3 is 14.6 Å². The number of nitrogens with one attached hydrogen (secondary N) is 2. The topological polar surface area (TPSA) is 71.9 Å². The lowest BCUT2D eigenvalue weighted by molar-refractivity contribution is 0.0939. The molecule has 0 fully saturated rings. The zero-order valence-corrected chi connectivity index (χ0v) is 11.1. The van der Waals surface area contributed by atoms with Gasteiger partial charge in [-0.15, -0.1) is 0 Å². The fourth-order valence-electron chi connectivity index (χ4n) is 1.82. The molecule has 0 radical (unpaired) electrons. The summed E-state index contributed by atoms with van der Waals surface area (Å²) < 4.78 is 6.90. The van der Waals surface area contributed by atoms with Crippen LogP contribution < -0.4 is 5.32 Å². The maximum absolute atomic E-state index is 12.1. The number of hydrogen-bond acceptors (Lipinski definition) is 3. The summed E-state index contributed by atoms with van der Waals surface area (Å²) in [7, 11) is 1.64. The predicted octanol–water partition coefficient (Wildman–Crippen LogP) is 1.10. The molecule has 2 rings (SSSR count). The van der Waals surface area contributed by atoms with E-state index in [4.69, 9.17) is 4.74 Å². The van der Waals surface area contributed by atoms with Gasteiger partial charge in [0.15, 0.2) is 0 Å². The van der Waals surface area contributed by atoms with E-state index in [-0.39, 0.29) is 5.91 Å². The minimum Gasteiger partial charge on any atom is -0.383 e. The number of aryl methyl sites for hydroxylation is 1. The molecule has 2 aromatic heterocycles. The second-order valence-electron chi connectivity index (χ2n) is 4.28. The van der Waals surface area contributed by atoms with Crippen LogP contribution in [0.25, 0.3) is 0 Å². The molecule has 1 amide bonds. The summed E-state index contributed by atoms with van der Waals surface area (Å²) in [5.74, 6) is -0.0956. The number of nitrogens with zero attached hydrogens (tertiary/aromatic N) is 2. The van der Waals surface area contributed by atoms with Crippen LogP contribution in [0.4, 0.5) is 0 Å². The summed E-state index contributed by atoms with van der Waals surface area (Å²) in [5, 5.41) is 9.65. The van der Waals surface area contributed by atoms with Gasteiger partial charge in [0.25, 0.3) is 5.91 Å². The fraction of sp³-hybridized carbons (Fsp3) is 0.385. The fourth-order valence-corrected chi connectivity index (χ4v) is 1.82. The zero-order valence-electron chi connectivity index (χ0n) is 11.1. The van der Waals surface area contributed by atoms with Crippen molar-refractivity contribution in [2.45, 2.75) is 20.0 Å². The molecule has 0 unspecified atom stereocenters. The number of carbonyl (C=O) groups is 1. The molecule has 2 heterocycles. The smallest absolute Gasteiger partial charge is 0.268 e. The second kappa shape index (κ2) is 6.19. The van der Waals surface area contributed by atoms with Gasteiger partial charge in [-0.25, -0.2) is 0 Å². The highest BCUT2D eigenvalue weighted by Crippen LogP contribution is 2.05. The van der Waals surface area contributed by atoms with Crippen molar-refractivity contribution in [3.05, 3.63) is 41.5 Å².